The molecule has 30 heavy (non-hydrogen) atoms. The Morgan fingerprint density at radius 3 is 2.67 bits per heavy atom. The van der Waals surface area contributed by atoms with Gasteiger partial charge in [-0.05, 0) is 46.1 Å². The third-order valence-electron chi connectivity index (χ3n) is 4.64. The van der Waals surface area contributed by atoms with E-state index in [0.29, 0.717) is 28.0 Å². The molecule has 0 bridgehead atoms. The molecular weight excluding hydrogens is 470 g/mol. The van der Waals surface area contributed by atoms with Crippen molar-refractivity contribution in [2.75, 3.05) is 11.9 Å². The highest BCUT2D eigenvalue weighted by Crippen LogP contribution is 2.25. The van der Waals surface area contributed by atoms with Crippen LogP contribution in [0, 0.1) is 0 Å². The molecule has 2 heterocycles. The number of para-hydroxylation sites is 1. The normalized spacial score (nSPS) is 10.9. The van der Waals surface area contributed by atoms with Gasteiger partial charge in [-0.3, -0.25) is 14.7 Å². The van der Waals surface area contributed by atoms with Crippen LogP contribution < -0.4 is 10.6 Å². The summed E-state index contributed by atoms with van der Waals surface area (Å²) in [5, 5.41) is 13.6. The monoisotopic (exact) mass is 485 g/mol. The minimum Gasteiger partial charge on any atom is -0.361 e. The van der Waals surface area contributed by atoms with Gasteiger partial charge in [0.05, 0.1) is 15.1 Å². The molecule has 4 aromatic rings. The largest absolute Gasteiger partial charge is 0.361 e. The quantitative estimate of drug-likeness (QED) is 0.322. The van der Waals surface area contributed by atoms with Gasteiger partial charge in [-0.15, -0.1) is 0 Å². The Hall–Kier alpha value is -3.10. The Kier molecular flexibility index (Phi) is 5.87. The summed E-state index contributed by atoms with van der Waals surface area (Å²) in [5.41, 5.74) is 2.73. The van der Waals surface area contributed by atoms with Crippen molar-refractivity contribution in [3.63, 3.8) is 0 Å². The Labute approximate surface area is 185 Å². The lowest BCUT2D eigenvalue weighted by Gasteiger charge is -2.05. The summed E-state index contributed by atoms with van der Waals surface area (Å²) in [6, 6.07) is 14.7. The predicted molar refractivity (Wildman–Crippen MR) is 120 cm³/mol. The lowest BCUT2D eigenvalue weighted by Crippen LogP contribution is -2.26. The highest BCUT2D eigenvalue weighted by molar-refractivity contribution is 9.10. The topological polar surface area (TPSA) is 103 Å². The van der Waals surface area contributed by atoms with Crippen LogP contribution in [-0.4, -0.2) is 33.5 Å². The number of H-pyrrole nitrogens is 2. The summed E-state index contributed by atoms with van der Waals surface area (Å²) in [5.74, 6) is -0.534. The van der Waals surface area contributed by atoms with Crippen LogP contribution >= 0.6 is 27.5 Å². The first kappa shape index (κ1) is 20.2. The van der Waals surface area contributed by atoms with E-state index >= 15 is 0 Å². The maximum atomic E-state index is 12.5. The molecule has 0 saturated heterocycles. The zero-order chi connectivity index (χ0) is 21.1. The summed E-state index contributed by atoms with van der Waals surface area (Å²) in [7, 11) is 0. The zero-order valence-electron chi connectivity index (χ0n) is 15.6. The summed E-state index contributed by atoms with van der Waals surface area (Å²) in [6.45, 7) is 0.452. The van der Waals surface area contributed by atoms with Crippen molar-refractivity contribution in [2.24, 2.45) is 0 Å². The fraction of sp³-hybridized carbons (Fsp3) is 0.0952. The Bertz CT molecular complexity index is 1230. The zero-order valence-corrected chi connectivity index (χ0v) is 18.0. The van der Waals surface area contributed by atoms with E-state index in [2.05, 4.69) is 41.7 Å². The van der Waals surface area contributed by atoms with Crippen molar-refractivity contribution in [1.29, 1.82) is 0 Å². The van der Waals surface area contributed by atoms with Crippen LogP contribution in [0.2, 0.25) is 5.02 Å². The standard InChI is InChI=1S/C21H17BrClN5O2/c22-17-18(27-28-19(17)26-20(29)14-6-1-3-7-15(14)23)21(30)24-10-9-12-11-25-16-8-4-2-5-13(12)16/h1-8,11,25H,9-10H2,(H,24,30)(H2,26,27,28,29). The van der Waals surface area contributed by atoms with Gasteiger partial charge in [0, 0.05) is 23.6 Å². The molecule has 0 atom stereocenters. The van der Waals surface area contributed by atoms with E-state index in [1.165, 1.54) is 0 Å². The van der Waals surface area contributed by atoms with Crippen LogP contribution in [-0.2, 0) is 6.42 Å². The average Bonchev–Trinajstić information content (AvgIpc) is 3.32. The molecular formula is C21H17BrClN5O2. The molecule has 0 fully saturated rings. The lowest BCUT2D eigenvalue weighted by atomic mass is 10.1. The van der Waals surface area contributed by atoms with E-state index in [4.69, 9.17) is 11.6 Å². The van der Waals surface area contributed by atoms with E-state index in [-0.39, 0.29) is 17.4 Å². The number of amides is 2. The molecule has 2 aromatic heterocycles. The van der Waals surface area contributed by atoms with Crippen molar-refractivity contribution >= 4 is 56.1 Å². The number of rotatable bonds is 6. The van der Waals surface area contributed by atoms with Gasteiger partial charge in [0.1, 0.15) is 5.69 Å². The van der Waals surface area contributed by atoms with Gasteiger partial charge in [0.2, 0.25) is 0 Å². The van der Waals surface area contributed by atoms with E-state index in [0.717, 1.165) is 16.5 Å². The smallest absolute Gasteiger partial charge is 0.270 e. The van der Waals surface area contributed by atoms with Crippen LogP contribution in [0.25, 0.3) is 10.9 Å². The first-order chi connectivity index (χ1) is 14.5. The first-order valence-corrected chi connectivity index (χ1v) is 10.3. The number of anilines is 1. The fourth-order valence-corrected chi connectivity index (χ4v) is 3.80. The number of hydrogen-bond acceptors (Lipinski definition) is 3. The highest BCUT2D eigenvalue weighted by Gasteiger charge is 2.20. The SMILES string of the molecule is O=C(Nc1n[nH]c(C(=O)NCCc2c[nH]c3ccccc23)c1Br)c1ccccc1Cl. The van der Waals surface area contributed by atoms with Crippen molar-refractivity contribution in [3.8, 4) is 0 Å². The maximum absolute atomic E-state index is 12.5. The van der Waals surface area contributed by atoms with Crippen LogP contribution in [0.5, 0.6) is 0 Å². The first-order valence-electron chi connectivity index (χ1n) is 9.17. The minimum atomic E-state index is -0.418. The number of fused-ring (bicyclic) bond motifs is 1. The highest BCUT2D eigenvalue weighted by atomic mass is 79.9. The van der Waals surface area contributed by atoms with Crippen molar-refractivity contribution in [2.45, 2.75) is 6.42 Å². The van der Waals surface area contributed by atoms with E-state index in [1.807, 2.05) is 30.5 Å². The second-order valence-electron chi connectivity index (χ2n) is 6.56. The number of benzene rings is 2. The van der Waals surface area contributed by atoms with Crippen molar-refractivity contribution < 1.29 is 9.59 Å². The molecule has 0 spiro atoms. The predicted octanol–water partition coefficient (Wildman–Crippen LogP) is 4.53. The van der Waals surface area contributed by atoms with Gasteiger partial charge in [0.15, 0.2) is 5.82 Å². The van der Waals surface area contributed by atoms with Gasteiger partial charge < -0.3 is 15.6 Å². The Balaban J connectivity index is 1.38. The van der Waals surface area contributed by atoms with Gasteiger partial charge in [0.25, 0.3) is 11.8 Å². The maximum Gasteiger partial charge on any atom is 0.270 e. The summed E-state index contributed by atoms with van der Waals surface area (Å²) in [6.07, 6.45) is 2.63. The number of nitrogens with zero attached hydrogens (tertiary/aromatic N) is 1. The number of carbonyl (C=O) groups excluding carboxylic acids is 2. The van der Waals surface area contributed by atoms with Gasteiger partial charge in [-0.2, -0.15) is 5.10 Å². The second kappa shape index (κ2) is 8.73. The molecule has 0 aliphatic carbocycles. The van der Waals surface area contributed by atoms with Crippen LogP contribution in [0.3, 0.4) is 0 Å². The summed E-state index contributed by atoms with van der Waals surface area (Å²) < 4.78 is 0.368. The van der Waals surface area contributed by atoms with Crippen LogP contribution in [0.1, 0.15) is 26.4 Å². The lowest BCUT2D eigenvalue weighted by molar-refractivity contribution is 0.0947. The number of nitrogens with one attached hydrogen (secondary N) is 4. The molecule has 0 aliphatic heterocycles. The van der Waals surface area contributed by atoms with Gasteiger partial charge >= 0.3 is 0 Å². The summed E-state index contributed by atoms with van der Waals surface area (Å²) in [4.78, 5) is 28.1. The molecule has 4 rings (SSSR count). The molecule has 4 N–H and O–H groups in total. The molecule has 2 aromatic carbocycles. The molecule has 0 saturated carbocycles. The second-order valence-corrected chi connectivity index (χ2v) is 7.76. The number of aromatic nitrogens is 3. The third-order valence-corrected chi connectivity index (χ3v) is 5.74. The van der Waals surface area contributed by atoms with Crippen LogP contribution in [0.15, 0.2) is 59.2 Å². The molecule has 9 heteroatoms. The van der Waals surface area contributed by atoms with Crippen molar-refractivity contribution in [1.82, 2.24) is 20.5 Å². The third kappa shape index (κ3) is 4.10. The molecule has 7 nitrogen and oxygen atoms in total. The summed E-state index contributed by atoms with van der Waals surface area (Å²) >= 11 is 9.38. The number of halogens is 2. The molecule has 0 aliphatic rings. The average molecular weight is 487 g/mol. The van der Waals surface area contributed by atoms with Gasteiger partial charge in [-0.1, -0.05) is 41.9 Å². The minimum absolute atomic E-state index is 0.210. The molecule has 0 unspecified atom stereocenters. The fourth-order valence-electron chi connectivity index (χ4n) is 3.12. The van der Waals surface area contributed by atoms with E-state index in [1.54, 1.807) is 24.3 Å². The number of aromatic amines is 2. The van der Waals surface area contributed by atoms with Crippen LogP contribution in [0.4, 0.5) is 5.82 Å². The van der Waals surface area contributed by atoms with E-state index < -0.39 is 5.91 Å². The molecule has 2 amide bonds. The Morgan fingerprint density at radius 1 is 1.07 bits per heavy atom. The number of carbonyl (C=O) groups is 2. The molecule has 152 valence electrons. The Morgan fingerprint density at radius 2 is 1.83 bits per heavy atom. The molecule has 0 radical (unpaired) electrons. The van der Waals surface area contributed by atoms with E-state index in [9.17, 15) is 9.59 Å². The van der Waals surface area contributed by atoms with Crippen molar-refractivity contribution in [3.05, 3.63) is 81.0 Å². The number of hydrogen-bond donors (Lipinski definition) is 4. The van der Waals surface area contributed by atoms with Gasteiger partial charge in [-0.25, -0.2) is 0 Å².